The second-order valence-electron chi connectivity index (χ2n) is 6.61. The normalized spacial score (nSPS) is 23.2. The standard InChI is InChI=1S/C17H23ClN4O2/c1-19-15(23)10-6-8-11(9-7-10)20-16(24)14-12-4-2-3-5-13(12)21-17(18)22-14/h10-11H,2-9H2,1H3,(H,19,23)(H,20,24). The van der Waals surface area contributed by atoms with E-state index >= 15 is 0 Å². The number of aromatic nitrogens is 2. The zero-order valence-corrected chi connectivity index (χ0v) is 14.7. The van der Waals surface area contributed by atoms with Gasteiger partial charge in [-0.25, -0.2) is 9.97 Å². The number of nitrogens with one attached hydrogen (secondary N) is 2. The van der Waals surface area contributed by atoms with E-state index in [-0.39, 0.29) is 29.1 Å². The highest BCUT2D eigenvalue weighted by atomic mass is 35.5. The Hall–Kier alpha value is -1.69. The molecule has 1 aromatic heterocycles. The van der Waals surface area contributed by atoms with E-state index in [4.69, 9.17) is 11.6 Å². The molecule has 0 radical (unpaired) electrons. The first kappa shape index (κ1) is 17.1. The molecule has 2 aliphatic rings. The first-order valence-electron chi connectivity index (χ1n) is 8.66. The molecule has 0 spiro atoms. The second kappa shape index (κ2) is 7.47. The molecule has 6 nitrogen and oxygen atoms in total. The van der Waals surface area contributed by atoms with Crippen LogP contribution in [0.3, 0.4) is 0 Å². The average Bonchev–Trinajstić information content (AvgIpc) is 2.60. The maximum Gasteiger partial charge on any atom is 0.270 e. The van der Waals surface area contributed by atoms with Gasteiger partial charge in [0.15, 0.2) is 0 Å². The molecule has 24 heavy (non-hydrogen) atoms. The number of rotatable bonds is 3. The van der Waals surface area contributed by atoms with Crippen LogP contribution in [0.25, 0.3) is 0 Å². The van der Waals surface area contributed by atoms with Crippen LogP contribution in [-0.2, 0) is 17.6 Å². The molecule has 0 bridgehead atoms. The van der Waals surface area contributed by atoms with E-state index in [0.29, 0.717) is 5.69 Å². The number of amides is 2. The highest BCUT2D eigenvalue weighted by Crippen LogP contribution is 2.26. The zero-order chi connectivity index (χ0) is 17.1. The lowest BCUT2D eigenvalue weighted by molar-refractivity contribution is -0.125. The molecule has 2 N–H and O–H groups in total. The van der Waals surface area contributed by atoms with E-state index in [1.807, 2.05) is 0 Å². The lowest BCUT2D eigenvalue weighted by Gasteiger charge is -2.28. The first-order valence-corrected chi connectivity index (χ1v) is 9.04. The molecule has 2 amide bonds. The maximum atomic E-state index is 12.7. The van der Waals surface area contributed by atoms with Gasteiger partial charge in [-0.3, -0.25) is 9.59 Å². The summed E-state index contributed by atoms with van der Waals surface area (Å²) in [6.45, 7) is 0. The maximum absolute atomic E-state index is 12.7. The van der Waals surface area contributed by atoms with Crippen LogP contribution in [0, 0.1) is 5.92 Å². The summed E-state index contributed by atoms with van der Waals surface area (Å²) < 4.78 is 0. The van der Waals surface area contributed by atoms with Crippen molar-refractivity contribution in [1.82, 2.24) is 20.6 Å². The van der Waals surface area contributed by atoms with Gasteiger partial charge in [-0.05, 0) is 63.0 Å². The van der Waals surface area contributed by atoms with Crippen molar-refractivity contribution in [1.29, 1.82) is 0 Å². The summed E-state index contributed by atoms with van der Waals surface area (Å²) in [5.74, 6) is -0.0123. The highest BCUT2D eigenvalue weighted by molar-refractivity contribution is 6.28. The van der Waals surface area contributed by atoms with Crippen LogP contribution in [0.5, 0.6) is 0 Å². The fourth-order valence-electron chi connectivity index (χ4n) is 3.71. The van der Waals surface area contributed by atoms with Crippen molar-refractivity contribution < 1.29 is 9.59 Å². The van der Waals surface area contributed by atoms with Crippen LogP contribution in [0.4, 0.5) is 0 Å². The predicted molar refractivity (Wildman–Crippen MR) is 91.0 cm³/mol. The number of carbonyl (C=O) groups excluding carboxylic acids is 2. The molecule has 1 saturated carbocycles. The van der Waals surface area contributed by atoms with Crippen LogP contribution in [-0.4, -0.2) is 34.9 Å². The number of aryl methyl sites for hydroxylation is 1. The molecule has 0 saturated heterocycles. The van der Waals surface area contributed by atoms with Gasteiger partial charge in [0.2, 0.25) is 11.2 Å². The van der Waals surface area contributed by atoms with E-state index in [9.17, 15) is 9.59 Å². The van der Waals surface area contributed by atoms with Crippen LogP contribution in [0.15, 0.2) is 0 Å². The molecule has 2 aliphatic carbocycles. The molecule has 0 aromatic carbocycles. The Morgan fingerprint density at radius 2 is 1.79 bits per heavy atom. The van der Waals surface area contributed by atoms with E-state index in [2.05, 4.69) is 20.6 Å². The summed E-state index contributed by atoms with van der Waals surface area (Å²) in [4.78, 5) is 32.8. The predicted octanol–water partition coefficient (Wildman–Crippen LogP) is 2.04. The minimum Gasteiger partial charge on any atom is -0.359 e. The molecule has 0 atom stereocenters. The number of hydrogen-bond donors (Lipinski definition) is 2. The van der Waals surface area contributed by atoms with Gasteiger partial charge in [-0.2, -0.15) is 0 Å². The quantitative estimate of drug-likeness (QED) is 0.817. The van der Waals surface area contributed by atoms with E-state index in [1.54, 1.807) is 7.05 Å². The van der Waals surface area contributed by atoms with Crippen LogP contribution < -0.4 is 10.6 Å². The van der Waals surface area contributed by atoms with E-state index in [0.717, 1.165) is 62.6 Å². The molecule has 1 aromatic rings. The van der Waals surface area contributed by atoms with Crippen LogP contribution in [0.2, 0.25) is 5.28 Å². The van der Waals surface area contributed by atoms with Crippen LogP contribution in [0.1, 0.15) is 60.3 Å². The Kier molecular flexibility index (Phi) is 5.33. The minimum atomic E-state index is -0.166. The lowest BCUT2D eigenvalue weighted by atomic mass is 9.85. The van der Waals surface area contributed by atoms with Gasteiger partial charge < -0.3 is 10.6 Å². The molecule has 1 heterocycles. The van der Waals surface area contributed by atoms with Gasteiger partial charge in [0, 0.05) is 30.3 Å². The van der Waals surface area contributed by atoms with Crippen molar-refractivity contribution in [3.8, 4) is 0 Å². The monoisotopic (exact) mass is 350 g/mol. The third-order valence-electron chi connectivity index (χ3n) is 5.05. The van der Waals surface area contributed by atoms with Gasteiger partial charge in [-0.15, -0.1) is 0 Å². The van der Waals surface area contributed by atoms with Crippen LogP contribution >= 0.6 is 11.6 Å². The summed E-state index contributed by atoms with van der Waals surface area (Å²) in [5, 5.41) is 5.91. The summed E-state index contributed by atoms with van der Waals surface area (Å²) in [6, 6.07) is 0.0892. The fourth-order valence-corrected chi connectivity index (χ4v) is 3.90. The average molecular weight is 351 g/mol. The second-order valence-corrected chi connectivity index (χ2v) is 6.95. The smallest absolute Gasteiger partial charge is 0.270 e. The number of fused-ring (bicyclic) bond motifs is 1. The highest BCUT2D eigenvalue weighted by Gasteiger charge is 2.28. The van der Waals surface area contributed by atoms with E-state index < -0.39 is 0 Å². The van der Waals surface area contributed by atoms with Crippen molar-refractivity contribution in [3.63, 3.8) is 0 Å². The number of carbonyl (C=O) groups is 2. The van der Waals surface area contributed by atoms with Gasteiger partial charge in [0.05, 0.1) is 0 Å². The van der Waals surface area contributed by atoms with E-state index in [1.165, 1.54) is 0 Å². The first-order chi connectivity index (χ1) is 11.6. The third-order valence-corrected chi connectivity index (χ3v) is 5.22. The Labute approximate surface area is 146 Å². The molecular weight excluding hydrogens is 328 g/mol. The molecule has 1 fully saturated rings. The topological polar surface area (TPSA) is 84.0 Å². The molecule has 3 rings (SSSR count). The zero-order valence-electron chi connectivity index (χ0n) is 13.9. The Morgan fingerprint density at radius 3 is 2.50 bits per heavy atom. The minimum absolute atomic E-state index is 0.0596. The Balaban J connectivity index is 1.66. The van der Waals surface area contributed by atoms with Gasteiger partial charge in [0.25, 0.3) is 5.91 Å². The van der Waals surface area contributed by atoms with Gasteiger partial charge in [0.1, 0.15) is 5.69 Å². The molecule has 7 heteroatoms. The lowest BCUT2D eigenvalue weighted by Crippen LogP contribution is -2.41. The summed E-state index contributed by atoms with van der Waals surface area (Å²) in [5.41, 5.74) is 2.29. The molecule has 0 unspecified atom stereocenters. The van der Waals surface area contributed by atoms with Crippen molar-refractivity contribution in [2.75, 3.05) is 7.05 Å². The van der Waals surface area contributed by atoms with Crippen molar-refractivity contribution in [3.05, 3.63) is 22.2 Å². The number of nitrogens with zero attached hydrogens (tertiary/aromatic N) is 2. The number of halogens is 1. The SMILES string of the molecule is CNC(=O)C1CCC(NC(=O)c2nc(Cl)nc3c2CCCC3)CC1. The van der Waals surface area contributed by atoms with Gasteiger partial charge in [-0.1, -0.05) is 0 Å². The molecule has 0 aliphatic heterocycles. The summed E-state index contributed by atoms with van der Waals surface area (Å²) >= 11 is 5.99. The fraction of sp³-hybridized carbons (Fsp3) is 0.647. The molecule has 130 valence electrons. The number of hydrogen-bond acceptors (Lipinski definition) is 4. The Morgan fingerprint density at radius 1 is 1.08 bits per heavy atom. The summed E-state index contributed by atoms with van der Waals surface area (Å²) in [6.07, 6.45) is 7.03. The third kappa shape index (κ3) is 3.69. The van der Waals surface area contributed by atoms with Crippen molar-refractivity contribution in [2.24, 2.45) is 5.92 Å². The molecular formula is C17H23ClN4O2. The Bertz CT molecular complexity index is 642. The van der Waals surface area contributed by atoms with Gasteiger partial charge >= 0.3 is 0 Å². The van der Waals surface area contributed by atoms with Crippen molar-refractivity contribution >= 4 is 23.4 Å². The summed E-state index contributed by atoms with van der Waals surface area (Å²) in [7, 11) is 1.66. The van der Waals surface area contributed by atoms with Crippen molar-refractivity contribution in [2.45, 2.75) is 57.4 Å². The largest absolute Gasteiger partial charge is 0.359 e.